The second kappa shape index (κ2) is 38.8. The normalized spacial score (nSPS) is 14.7. The summed E-state index contributed by atoms with van der Waals surface area (Å²) in [5.41, 5.74) is 12.7. The van der Waals surface area contributed by atoms with Crippen LogP contribution in [0.4, 0.5) is 0 Å². The predicted octanol–water partition coefficient (Wildman–Crippen LogP) is 33.8. The Morgan fingerprint density at radius 3 is 0.933 bits per heavy atom. The van der Waals surface area contributed by atoms with Crippen molar-refractivity contribution in [3.8, 4) is 0 Å². The summed E-state index contributed by atoms with van der Waals surface area (Å²) in [4.78, 5) is 100. The fraction of sp³-hybridized carbons (Fsp3) is 0.407. The first-order chi connectivity index (χ1) is 65.7. The molecule has 27 heteroatoms. The smallest absolute Gasteiger partial charge is 0.273 e. The van der Waals surface area contributed by atoms with Gasteiger partial charge in [-0.3, -0.25) is 70.1 Å². The Kier molecular flexibility index (Phi) is 26.4. The first-order valence-corrected chi connectivity index (χ1v) is 58.5. The maximum atomic E-state index is 14.3. The van der Waals surface area contributed by atoms with Crippen LogP contribution in [0, 0.1) is 7.43 Å². The van der Waals surface area contributed by atoms with Crippen LogP contribution < -0.4 is 33.4 Å². The van der Waals surface area contributed by atoms with Gasteiger partial charge in [0.15, 0.2) is 0 Å². The fourth-order valence-electron chi connectivity index (χ4n) is 23.5. The van der Waals surface area contributed by atoms with Crippen LogP contribution >= 0.6 is 134 Å². The van der Waals surface area contributed by atoms with Gasteiger partial charge in [0.05, 0.1) is 119 Å². The molecule has 0 unspecified atom stereocenters. The summed E-state index contributed by atoms with van der Waals surface area (Å²) in [6.45, 7) is 8.00. The van der Waals surface area contributed by atoms with Gasteiger partial charge in [-0.15, -0.1) is 102 Å². The Morgan fingerprint density at radius 1 is 0.304 bits per heavy atom. The van der Waals surface area contributed by atoms with Crippen LogP contribution in [0.1, 0.15) is 262 Å². The molecule has 24 aromatic heterocycles. The van der Waals surface area contributed by atoms with Crippen molar-refractivity contribution in [2.75, 3.05) is 0 Å². The van der Waals surface area contributed by atoms with Crippen molar-refractivity contribution in [1.82, 2.24) is 41.4 Å². The maximum absolute atomic E-state index is 14.3. The molecular formula is C108H109BBr2N9O6S9-. The summed E-state index contributed by atoms with van der Waals surface area (Å²) in [5.74, 6) is 2.27. The number of nitrogens with zero attached hydrogens (tertiary/aromatic N) is 9. The maximum Gasteiger partial charge on any atom is 0.273 e. The third-order valence-corrected chi connectivity index (χ3v) is 40.6. The summed E-state index contributed by atoms with van der Waals surface area (Å²) in [5, 5.41) is 11.9. The number of halogens is 2. The van der Waals surface area contributed by atoms with E-state index in [1.54, 1.807) is 108 Å². The van der Waals surface area contributed by atoms with E-state index in [1.165, 1.54) is 236 Å². The number of aromatic nitrogens is 9. The monoisotopic (exact) mass is 2080 g/mol. The number of rotatable bonds is 33. The number of fused-ring (bicyclic) bond motifs is 26. The Balaban J connectivity index is 0.000000111. The number of pyridine rings is 9. The Bertz CT molecular complexity index is 8410. The Morgan fingerprint density at radius 2 is 0.578 bits per heavy atom. The zero-order valence-corrected chi connectivity index (χ0v) is 87.5. The lowest BCUT2D eigenvalue weighted by molar-refractivity contribution is 0.439. The van der Waals surface area contributed by atoms with Crippen molar-refractivity contribution in [3.63, 3.8) is 0 Å². The summed E-state index contributed by atoms with van der Waals surface area (Å²) in [7, 11) is 0. The van der Waals surface area contributed by atoms with Gasteiger partial charge in [0.2, 0.25) is 0 Å². The van der Waals surface area contributed by atoms with Gasteiger partial charge in [-0.25, -0.2) is 0 Å². The van der Waals surface area contributed by atoms with Crippen molar-refractivity contribution >= 4 is 328 Å². The van der Waals surface area contributed by atoms with Gasteiger partial charge in [-0.05, 0) is 141 Å². The van der Waals surface area contributed by atoms with Gasteiger partial charge < -0.3 is 7.43 Å². The van der Waals surface area contributed by atoms with Gasteiger partial charge in [-0.1, -0.05) is 257 Å². The van der Waals surface area contributed by atoms with Crippen LogP contribution in [-0.4, -0.2) is 48.1 Å². The number of unbranched alkanes of at least 4 members (excludes halogenated alkanes) is 27. The first kappa shape index (κ1) is 91.9. The summed E-state index contributed by atoms with van der Waals surface area (Å²) in [6, 6.07) is 24.8. The zero-order chi connectivity index (χ0) is 90.8. The van der Waals surface area contributed by atoms with Crippen LogP contribution in [0.3, 0.4) is 0 Å². The van der Waals surface area contributed by atoms with E-state index >= 15 is 0 Å². The highest BCUT2D eigenvalue weighted by atomic mass is 79.9. The van der Waals surface area contributed by atoms with Crippen LogP contribution in [-0.2, 0) is 12.8 Å². The second-order valence-corrected chi connectivity index (χ2v) is 50.6. The second-order valence-electron chi connectivity index (χ2n) is 38.4. The molecule has 26 rings (SSSR count). The topological polar surface area (TPSA) is 168 Å². The molecule has 0 radical (unpaired) electrons. The van der Waals surface area contributed by atoms with Crippen LogP contribution in [0.15, 0.2) is 138 Å². The highest BCUT2D eigenvalue weighted by Gasteiger charge is 2.39. The molecule has 135 heavy (non-hydrogen) atoms. The minimum Gasteiger partial charge on any atom is -0.358 e. The van der Waals surface area contributed by atoms with E-state index < -0.39 is 0 Å². The lowest BCUT2D eigenvalue weighted by atomic mass is 9.26. The molecule has 694 valence electrons. The molecule has 0 saturated carbocycles. The minimum absolute atomic E-state index is 0. The molecular weight excluding hydrogens is 1980 g/mol. The minimum atomic E-state index is -0.0918. The SMILES string of the molecule is CCCCCCCCCCCCB1C2CCCC1CCC2.CCCCCCCCCCCCc1cc2c(cc3c4cnc5c6c(sc(c(=O)n23)c46)c(=O)n2c3cc(CCCCCCCCCCCC)sc3cc52)s1.O=c1c2sc3c(=O)n4c5cc(Br)sc5cc4c4ncc(c2c34)c2cc3sc(Br)cc3n12.O=c1c2sc3c(=O)n4c5ccsc5cc4c4ncc(c2c34)c2cc3sccc3n12.[CH3-]. The van der Waals surface area contributed by atoms with Gasteiger partial charge >= 0.3 is 0 Å². The number of hydrogen-bond acceptors (Lipinski definition) is 18. The molecule has 0 aliphatic carbocycles. The highest BCUT2D eigenvalue weighted by Crippen LogP contribution is 2.51. The van der Waals surface area contributed by atoms with Gasteiger partial charge in [0.25, 0.3) is 33.4 Å². The summed E-state index contributed by atoms with van der Waals surface area (Å²) in [6.07, 6.45) is 60.3. The van der Waals surface area contributed by atoms with Crippen molar-refractivity contribution in [1.29, 1.82) is 0 Å². The number of thiophene rings is 9. The standard InChI is InChI=1S/C45H55N3O2S3.C21H5Br2N3O2S3.C21H7N3O2S3.C20H39B.CH3/c1-3-5-7-9-11-13-15-17-19-21-23-30-25-34-37(51-30)27-33-32-29-46-41-36-28-38-35(26-31(52-38)24-22-20-18-16-14-12-10-8-6-4-2)48(36)45(50)43-40(41)39(32)42(53-43)44(49)47(33)34;22-13-3-8-11(29-13)1-7-6-5-24-17-10-2-12-9(4-14(23)30-12)26(10)21(28)19-16(17)15(6)18(31-19)20(27)25(7)8;25-20-18-15-8(11-5-13-9(23(11)20)1-3-27-13)7-22-17-12-6-14-10(2-4-28-14)24(12)21(26)19(29-18)16(15)17;1-2-3-4-5-6-7-8-9-10-11-18-21-19-14-12-15-20(21)17-13-16-19;/h25-29H,3-24H2,1-2H3;1-5H;1-7H;19-20H,2-18H2,1H3;1H3/q;;;;-1. The quantitative estimate of drug-likeness (QED) is 0.0168. The molecule has 0 aromatic carbocycles. The molecule has 2 aliphatic heterocycles. The number of aryl methyl sites for hydroxylation is 2. The van der Waals surface area contributed by atoms with Crippen molar-refractivity contribution in [3.05, 3.63) is 189 Å². The van der Waals surface area contributed by atoms with Gasteiger partial charge in [0.1, 0.15) is 34.9 Å². The highest BCUT2D eigenvalue weighted by molar-refractivity contribution is 9.11. The fourth-order valence-corrected chi connectivity index (χ4v) is 33.9. The summed E-state index contributed by atoms with van der Waals surface area (Å²) >= 11 is 21.1. The van der Waals surface area contributed by atoms with E-state index in [9.17, 15) is 28.8 Å². The van der Waals surface area contributed by atoms with E-state index in [0.717, 1.165) is 198 Å². The first-order valence-electron chi connectivity index (χ1n) is 49.5. The average molecular weight is 2090 g/mol. The molecule has 26 heterocycles. The van der Waals surface area contributed by atoms with Crippen molar-refractivity contribution < 1.29 is 0 Å². The van der Waals surface area contributed by atoms with E-state index in [2.05, 4.69) is 83.0 Å². The Hall–Kier alpha value is -8.19. The van der Waals surface area contributed by atoms with E-state index in [1.807, 2.05) is 103 Å². The molecule has 2 saturated heterocycles. The van der Waals surface area contributed by atoms with Crippen LogP contribution in [0.5, 0.6) is 0 Å². The molecule has 15 nitrogen and oxygen atoms in total. The van der Waals surface area contributed by atoms with Crippen LogP contribution in [0.25, 0.3) is 188 Å². The average Bonchev–Trinajstić information content (AvgIpc) is 1.54. The molecule has 2 fully saturated rings. The summed E-state index contributed by atoms with van der Waals surface area (Å²) < 4.78 is 23.0. The van der Waals surface area contributed by atoms with Gasteiger partial charge in [-0.2, -0.15) is 0 Å². The van der Waals surface area contributed by atoms with E-state index in [4.69, 9.17) is 15.0 Å². The molecule has 0 amide bonds. The van der Waals surface area contributed by atoms with E-state index in [0.29, 0.717) is 28.2 Å². The lowest BCUT2D eigenvalue weighted by Crippen LogP contribution is -2.34. The Labute approximate surface area is 833 Å². The zero-order valence-electron chi connectivity index (χ0n) is 77.0. The van der Waals surface area contributed by atoms with Gasteiger partial charge in [0, 0.05) is 76.8 Å². The molecule has 2 bridgehead atoms. The van der Waals surface area contributed by atoms with E-state index in [-0.39, 0.29) is 40.8 Å². The van der Waals surface area contributed by atoms with Crippen molar-refractivity contribution in [2.24, 2.45) is 0 Å². The molecule has 0 N–H and O–H groups in total. The third-order valence-electron chi connectivity index (χ3n) is 30.0. The largest absolute Gasteiger partial charge is 0.358 e. The lowest BCUT2D eigenvalue weighted by Gasteiger charge is -2.40. The molecule has 24 aromatic rings. The van der Waals surface area contributed by atoms with Crippen LogP contribution in [0.2, 0.25) is 18.0 Å². The molecule has 0 atom stereocenters. The van der Waals surface area contributed by atoms with Crippen molar-refractivity contribution in [2.45, 2.75) is 283 Å². The molecule has 0 spiro atoms. The molecule has 2 aliphatic rings. The third kappa shape index (κ3) is 16.0. The predicted molar refractivity (Wildman–Crippen MR) is 597 cm³/mol. The number of hydrogen-bond donors (Lipinski definition) is 0.